The summed E-state index contributed by atoms with van der Waals surface area (Å²) in [6, 6.07) is 12.6. The maximum absolute atomic E-state index is 12.8. The molecule has 0 bridgehead atoms. The minimum Gasteiger partial charge on any atom is -0.324 e. The van der Waals surface area contributed by atoms with Crippen LogP contribution in [0.15, 0.2) is 59.8 Å². The van der Waals surface area contributed by atoms with Crippen LogP contribution in [0.2, 0.25) is 0 Å². The molecule has 10 heteroatoms. The second kappa shape index (κ2) is 9.08. The second-order valence-electron chi connectivity index (χ2n) is 7.91. The average Bonchev–Trinajstić information content (AvgIpc) is 3.33. The van der Waals surface area contributed by atoms with Crippen LogP contribution < -0.4 is 10.6 Å². The van der Waals surface area contributed by atoms with Gasteiger partial charge in [0.2, 0.25) is 5.95 Å². The fraction of sp³-hybridized carbons (Fsp3) is 0.217. The molecule has 0 spiro atoms. The van der Waals surface area contributed by atoms with Crippen molar-refractivity contribution in [3.05, 3.63) is 66.0 Å². The van der Waals surface area contributed by atoms with E-state index in [-0.39, 0.29) is 5.25 Å². The van der Waals surface area contributed by atoms with Gasteiger partial charge in [0.15, 0.2) is 9.84 Å². The molecule has 0 aliphatic carbocycles. The lowest BCUT2D eigenvalue weighted by Crippen LogP contribution is -2.35. The third kappa shape index (κ3) is 4.76. The first-order valence-electron chi connectivity index (χ1n) is 10.7. The van der Waals surface area contributed by atoms with E-state index in [1.807, 2.05) is 30.4 Å². The number of hydrogen-bond donors (Lipinski definition) is 3. The minimum atomic E-state index is -3.31. The number of sulfone groups is 1. The number of fused-ring (bicyclic) bond motifs is 1. The maximum Gasteiger partial charge on any atom is 0.227 e. The van der Waals surface area contributed by atoms with Gasteiger partial charge in [0, 0.05) is 23.6 Å². The Bertz CT molecular complexity index is 1370. The topological polar surface area (TPSA) is 126 Å². The molecular formula is C23H23N7O2S. The van der Waals surface area contributed by atoms with E-state index in [9.17, 15) is 8.42 Å². The zero-order valence-corrected chi connectivity index (χ0v) is 18.6. The molecule has 1 fully saturated rings. The molecule has 1 saturated heterocycles. The van der Waals surface area contributed by atoms with Crippen LogP contribution in [0.1, 0.15) is 24.0 Å². The third-order valence-corrected chi connectivity index (χ3v) is 7.93. The van der Waals surface area contributed by atoms with E-state index in [0.29, 0.717) is 23.7 Å². The normalized spacial score (nSPS) is 15.3. The van der Waals surface area contributed by atoms with Gasteiger partial charge in [-0.1, -0.05) is 23.4 Å². The molecule has 2 aromatic carbocycles. The molecule has 0 radical (unpaired) electrons. The Kier molecular flexibility index (Phi) is 5.84. The van der Waals surface area contributed by atoms with E-state index < -0.39 is 9.84 Å². The average molecular weight is 462 g/mol. The van der Waals surface area contributed by atoms with E-state index in [1.165, 1.54) is 0 Å². The number of aromatic amines is 1. The monoisotopic (exact) mass is 461 g/mol. The summed E-state index contributed by atoms with van der Waals surface area (Å²) in [6.07, 6.45) is 8.61. The van der Waals surface area contributed by atoms with Crippen molar-refractivity contribution in [2.24, 2.45) is 0 Å². The number of H-pyrrole nitrogens is 1. The minimum absolute atomic E-state index is 0.320. The summed E-state index contributed by atoms with van der Waals surface area (Å²) in [6.45, 7) is 1.48. The molecule has 0 unspecified atom stereocenters. The Labute approximate surface area is 191 Å². The van der Waals surface area contributed by atoms with Gasteiger partial charge in [-0.2, -0.15) is 0 Å². The highest BCUT2D eigenvalue weighted by Gasteiger charge is 2.28. The lowest BCUT2D eigenvalue weighted by atomic mass is 10.1. The van der Waals surface area contributed by atoms with E-state index in [0.717, 1.165) is 40.9 Å². The molecule has 1 aliphatic heterocycles. The van der Waals surface area contributed by atoms with Gasteiger partial charge in [-0.25, -0.2) is 18.4 Å². The molecule has 4 aromatic rings. The number of hydrogen-bond acceptors (Lipinski definition) is 8. The Balaban J connectivity index is 1.23. The van der Waals surface area contributed by atoms with Gasteiger partial charge in [0.05, 0.1) is 15.7 Å². The van der Waals surface area contributed by atoms with Crippen LogP contribution in [0.5, 0.6) is 0 Å². The number of nitrogens with one attached hydrogen (secondary N) is 3. The maximum atomic E-state index is 12.8. The zero-order chi connectivity index (χ0) is 22.7. The Hall–Kier alpha value is -3.63. The Morgan fingerprint density at radius 2 is 1.67 bits per heavy atom. The van der Waals surface area contributed by atoms with Crippen LogP contribution >= 0.6 is 0 Å². The van der Waals surface area contributed by atoms with Gasteiger partial charge in [0.1, 0.15) is 5.52 Å². The largest absolute Gasteiger partial charge is 0.324 e. The van der Waals surface area contributed by atoms with Crippen molar-refractivity contribution in [2.75, 3.05) is 18.4 Å². The molecule has 0 amide bonds. The van der Waals surface area contributed by atoms with Crippen molar-refractivity contribution in [1.82, 2.24) is 30.7 Å². The van der Waals surface area contributed by atoms with Crippen LogP contribution in [0.4, 0.5) is 11.6 Å². The van der Waals surface area contributed by atoms with Crippen LogP contribution in [-0.4, -0.2) is 52.1 Å². The molecular weight excluding hydrogens is 438 g/mol. The number of nitrogens with zero attached hydrogens (tertiary/aromatic N) is 4. The van der Waals surface area contributed by atoms with Crippen molar-refractivity contribution in [3.8, 4) is 0 Å². The highest BCUT2D eigenvalue weighted by atomic mass is 32.2. The summed E-state index contributed by atoms with van der Waals surface area (Å²) in [5, 5.41) is 16.6. The third-order valence-electron chi connectivity index (χ3n) is 5.65. The summed E-state index contributed by atoms with van der Waals surface area (Å²) in [5.41, 5.74) is 4.27. The lowest BCUT2D eigenvalue weighted by molar-refractivity contribution is 0.496. The van der Waals surface area contributed by atoms with Crippen molar-refractivity contribution in [2.45, 2.75) is 23.0 Å². The quantitative estimate of drug-likeness (QED) is 0.400. The summed E-state index contributed by atoms with van der Waals surface area (Å²) >= 11 is 0. The highest BCUT2D eigenvalue weighted by Crippen LogP contribution is 2.24. The Morgan fingerprint density at radius 1 is 0.939 bits per heavy atom. The molecule has 168 valence electrons. The standard InChI is InChI=1S/C23H23N7O2S/c31-33(32,20-9-11-24-12-10-20)19-6-4-18(5-7-19)27-23-25-14-17(15-26-23)2-1-16-3-8-21-22(13-16)29-30-28-21/h1-8,13-15,20,24H,9-12H2,(H,25,26,27)(H,28,29,30)/b2-1+. The second-order valence-corrected chi connectivity index (χ2v) is 10.1. The molecule has 5 rings (SSSR count). The molecule has 33 heavy (non-hydrogen) atoms. The van der Waals surface area contributed by atoms with Gasteiger partial charge in [-0.05, 0) is 67.9 Å². The number of rotatable bonds is 6. The van der Waals surface area contributed by atoms with Crippen LogP contribution in [0.3, 0.4) is 0 Å². The summed E-state index contributed by atoms with van der Waals surface area (Å²) in [7, 11) is -3.31. The number of benzene rings is 2. The highest BCUT2D eigenvalue weighted by molar-refractivity contribution is 7.92. The molecule has 3 N–H and O–H groups in total. The number of aromatic nitrogens is 5. The predicted octanol–water partition coefficient (Wildman–Crippen LogP) is 3.19. The van der Waals surface area contributed by atoms with E-state index in [4.69, 9.17) is 0 Å². The molecule has 1 aliphatic rings. The molecule has 9 nitrogen and oxygen atoms in total. The predicted molar refractivity (Wildman–Crippen MR) is 128 cm³/mol. The van der Waals surface area contributed by atoms with Crippen LogP contribution in [-0.2, 0) is 9.84 Å². The van der Waals surface area contributed by atoms with Crippen molar-refractivity contribution < 1.29 is 8.42 Å². The number of piperidine rings is 1. The van der Waals surface area contributed by atoms with Crippen LogP contribution in [0.25, 0.3) is 23.2 Å². The fourth-order valence-electron chi connectivity index (χ4n) is 3.80. The molecule has 2 aromatic heterocycles. The molecule has 0 saturated carbocycles. The summed E-state index contributed by atoms with van der Waals surface area (Å²) < 4.78 is 25.6. The first-order valence-corrected chi connectivity index (χ1v) is 12.3. The summed E-state index contributed by atoms with van der Waals surface area (Å²) in [5.74, 6) is 0.435. The first-order chi connectivity index (χ1) is 16.1. The molecule has 3 heterocycles. The van der Waals surface area contributed by atoms with Gasteiger partial charge in [-0.3, -0.25) is 5.10 Å². The van der Waals surface area contributed by atoms with Gasteiger partial charge in [-0.15, -0.1) is 5.10 Å². The lowest BCUT2D eigenvalue weighted by Gasteiger charge is -2.22. The van der Waals surface area contributed by atoms with Gasteiger partial charge >= 0.3 is 0 Å². The van der Waals surface area contributed by atoms with E-state index in [1.54, 1.807) is 36.7 Å². The zero-order valence-electron chi connectivity index (χ0n) is 17.8. The SMILES string of the molecule is O=S(=O)(c1ccc(Nc2ncc(/C=C/c3ccc4[nH]nnc4c3)cn2)cc1)C1CCNCC1. The van der Waals surface area contributed by atoms with Gasteiger partial charge < -0.3 is 10.6 Å². The van der Waals surface area contributed by atoms with Crippen molar-refractivity contribution in [1.29, 1.82) is 0 Å². The summed E-state index contributed by atoms with van der Waals surface area (Å²) in [4.78, 5) is 9.05. The Morgan fingerprint density at radius 3 is 2.42 bits per heavy atom. The first kappa shape index (κ1) is 21.2. The number of anilines is 2. The van der Waals surface area contributed by atoms with E-state index in [2.05, 4.69) is 36.0 Å². The van der Waals surface area contributed by atoms with Crippen molar-refractivity contribution in [3.63, 3.8) is 0 Å². The van der Waals surface area contributed by atoms with Crippen molar-refractivity contribution >= 4 is 44.7 Å². The van der Waals surface area contributed by atoms with E-state index >= 15 is 0 Å². The molecule has 0 atom stereocenters. The smallest absolute Gasteiger partial charge is 0.227 e. The fourth-order valence-corrected chi connectivity index (χ4v) is 5.56. The van der Waals surface area contributed by atoms with Gasteiger partial charge in [0.25, 0.3) is 0 Å². The van der Waals surface area contributed by atoms with Crippen LogP contribution in [0, 0.1) is 0 Å².